The third-order valence-electron chi connectivity index (χ3n) is 8.81. The third-order valence-corrected chi connectivity index (χ3v) is 8.81. The van der Waals surface area contributed by atoms with Gasteiger partial charge in [-0.1, -0.05) is 140 Å². The molecule has 3 heterocycles. The van der Waals surface area contributed by atoms with Crippen molar-refractivity contribution >= 4 is 33.4 Å². The second-order valence-electron chi connectivity index (χ2n) is 11.7. The summed E-state index contributed by atoms with van der Waals surface area (Å²) in [6, 6.07) is 50.6. The summed E-state index contributed by atoms with van der Waals surface area (Å²) >= 11 is 0. The lowest BCUT2D eigenvalue weighted by atomic mass is 9.94. The number of hydrogen-bond acceptors (Lipinski definition) is 4. The molecule has 1 aliphatic rings. The molecule has 0 N–H and O–H groups in total. The molecule has 0 aliphatic carbocycles. The Labute approximate surface area is 268 Å². The fourth-order valence-electron chi connectivity index (χ4n) is 6.34. The number of aryl methyl sites for hydroxylation is 1. The van der Waals surface area contributed by atoms with Crippen LogP contribution in [0.25, 0.3) is 44.3 Å². The van der Waals surface area contributed by atoms with Gasteiger partial charge in [-0.3, -0.25) is 4.99 Å². The number of aliphatic imine (C=N–C) groups is 2. The van der Waals surface area contributed by atoms with E-state index in [0.29, 0.717) is 0 Å². The molecule has 0 saturated heterocycles. The molecular formula is C42H32N4. The zero-order valence-electron chi connectivity index (χ0n) is 25.6. The van der Waals surface area contributed by atoms with Crippen molar-refractivity contribution in [2.45, 2.75) is 25.8 Å². The summed E-state index contributed by atoms with van der Waals surface area (Å²) in [5.41, 5.74) is 11.6. The molecule has 2 aromatic heterocycles. The van der Waals surface area contributed by atoms with Crippen LogP contribution >= 0.6 is 0 Å². The topological polar surface area (TPSA) is 50.5 Å². The van der Waals surface area contributed by atoms with Crippen molar-refractivity contribution in [2.24, 2.45) is 9.98 Å². The minimum atomic E-state index is -0.0291. The van der Waals surface area contributed by atoms with Crippen molar-refractivity contribution in [3.8, 4) is 22.5 Å². The van der Waals surface area contributed by atoms with Crippen LogP contribution in [0.4, 0.5) is 0 Å². The molecule has 5 aromatic carbocycles. The number of pyridine rings is 2. The van der Waals surface area contributed by atoms with Crippen LogP contribution in [0.15, 0.2) is 156 Å². The molecule has 4 heteroatoms. The predicted molar refractivity (Wildman–Crippen MR) is 191 cm³/mol. The quantitative estimate of drug-likeness (QED) is 0.180. The molecule has 0 bridgehead atoms. The van der Waals surface area contributed by atoms with E-state index in [1.807, 2.05) is 30.3 Å². The Morgan fingerprint density at radius 1 is 0.565 bits per heavy atom. The van der Waals surface area contributed by atoms with E-state index >= 15 is 0 Å². The van der Waals surface area contributed by atoms with Gasteiger partial charge in [-0.2, -0.15) is 0 Å². The lowest BCUT2D eigenvalue weighted by molar-refractivity contribution is 0.754. The van der Waals surface area contributed by atoms with Gasteiger partial charge in [0.15, 0.2) is 5.84 Å². The molecule has 220 valence electrons. The number of hydrogen-bond donors (Lipinski definition) is 0. The van der Waals surface area contributed by atoms with Crippen molar-refractivity contribution in [1.82, 2.24) is 9.97 Å². The smallest absolute Gasteiger partial charge is 0.155 e. The summed E-state index contributed by atoms with van der Waals surface area (Å²) in [7, 11) is 0. The highest BCUT2D eigenvalue weighted by atomic mass is 15.0. The zero-order chi connectivity index (χ0) is 30.9. The first-order chi connectivity index (χ1) is 22.7. The van der Waals surface area contributed by atoms with E-state index in [9.17, 15) is 0 Å². The van der Waals surface area contributed by atoms with Crippen molar-refractivity contribution < 1.29 is 0 Å². The van der Waals surface area contributed by atoms with Gasteiger partial charge >= 0.3 is 0 Å². The highest BCUT2D eigenvalue weighted by molar-refractivity contribution is 6.14. The molecular weight excluding hydrogens is 560 g/mol. The van der Waals surface area contributed by atoms with E-state index in [-0.39, 0.29) is 6.04 Å². The molecule has 8 rings (SSSR count). The SMILES string of the molecule is CCc1cc(-c2ccccc2)nc2c1ccc1ccc(-c3ccc(C4CC(c5ccccc5)=NC(c5ccccc5)=N4)cc3)nc12. The average molecular weight is 593 g/mol. The first-order valence-electron chi connectivity index (χ1n) is 15.9. The lowest BCUT2D eigenvalue weighted by Crippen LogP contribution is -2.17. The minimum Gasteiger partial charge on any atom is -0.258 e. The van der Waals surface area contributed by atoms with Gasteiger partial charge in [0, 0.05) is 33.9 Å². The molecule has 1 atom stereocenters. The van der Waals surface area contributed by atoms with Gasteiger partial charge in [-0.25, -0.2) is 15.0 Å². The van der Waals surface area contributed by atoms with Gasteiger partial charge in [0.25, 0.3) is 0 Å². The van der Waals surface area contributed by atoms with E-state index in [2.05, 4.69) is 122 Å². The molecule has 1 aliphatic heterocycles. The van der Waals surface area contributed by atoms with Crippen LogP contribution in [-0.4, -0.2) is 21.5 Å². The Kier molecular flexibility index (Phi) is 7.24. The predicted octanol–water partition coefficient (Wildman–Crippen LogP) is 10.1. The van der Waals surface area contributed by atoms with E-state index in [1.165, 1.54) is 5.56 Å². The van der Waals surface area contributed by atoms with Crippen LogP contribution in [0.5, 0.6) is 0 Å². The van der Waals surface area contributed by atoms with Crippen LogP contribution in [-0.2, 0) is 6.42 Å². The number of benzene rings is 5. The monoisotopic (exact) mass is 592 g/mol. The van der Waals surface area contributed by atoms with Crippen LogP contribution < -0.4 is 0 Å². The van der Waals surface area contributed by atoms with Gasteiger partial charge in [0.1, 0.15) is 0 Å². The summed E-state index contributed by atoms with van der Waals surface area (Å²) in [4.78, 5) is 20.5. The Hall–Kier alpha value is -5.74. The average Bonchev–Trinajstić information content (AvgIpc) is 3.15. The Bertz CT molecular complexity index is 2240. The third kappa shape index (κ3) is 5.28. The largest absolute Gasteiger partial charge is 0.258 e. The molecule has 0 radical (unpaired) electrons. The Morgan fingerprint density at radius 2 is 1.17 bits per heavy atom. The number of nitrogens with zero attached hydrogens (tertiary/aromatic N) is 4. The summed E-state index contributed by atoms with van der Waals surface area (Å²) in [5.74, 6) is 0.775. The fourth-order valence-corrected chi connectivity index (χ4v) is 6.34. The van der Waals surface area contributed by atoms with Gasteiger partial charge in [-0.05, 0) is 35.2 Å². The van der Waals surface area contributed by atoms with Crippen LogP contribution in [0.1, 0.15) is 41.6 Å². The van der Waals surface area contributed by atoms with Crippen LogP contribution in [0.2, 0.25) is 0 Å². The van der Waals surface area contributed by atoms with Gasteiger partial charge in [0.2, 0.25) is 0 Å². The van der Waals surface area contributed by atoms with Gasteiger partial charge in [0.05, 0.1) is 34.2 Å². The minimum absolute atomic E-state index is 0.0291. The Morgan fingerprint density at radius 3 is 1.87 bits per heavy atom. The summed E-state index contributed by atoms with van der Waals surface area (Å²) in [6.07, 6.45) is 1.67. The highest BCUT2D eigenvalue weighted by Crippen LogP contribution is 2.33. The summed E-state index contributed by atoms with van der Waals surface area (Å²) in [6.45, 7) is 2.20. The summed E-state index contributed by atoms with van der Waals surface area (Å²) < 4.78 is 0. The number of amidine groups is 1. The molecule has 4 nitrogen and oxygen atoms in total. The van der Waals surface area contributed by atoms with Crippen molar-refractivity contribution in [2.75, 3.05) is 0 Å². The maximum absolute atomic E-state index is 5.22. The normalized spacial score (nSPS) is 14.7. The lowest BCUT2D eigenvalue weighted by Gasteiger charge is -2.21. The number of fused-ring (bicyclic) bond motifs is 3. The second kappa shape index (κ2) is 12.0. The number of rotatable bonds is 6. The summed E-state index contributed by atoms with van der Waals surface area (Å²) in [5, 5.41) is 2.25. The standard InChI is InChI=1S/C42H32N4/c1-2-28-26-37(29-12-6-3-7-13-29)44-41-35(28)24-22-33-23-25-36(43-40(33)41)31-18-20-32(21-19-31)39-27-38(30-14-8-4-9-15-30)45-42(46-39)34-16-10-5-11-17-34/h3-26,39H,2,27H2,1H3. The zero-order valence-corrected chi connectivity index (χ0v) is 25.6. The number of aromatic nitrogens is 2. The van der Waals surface area contributed by atoms with Crippen molar-refractivity contribution in [1.29, 1.82) is 0 Å². The first kappa shape index (κ1) is 27.8. The molecule has 0 amide bonds. The maximum Gasteiger partial charge on any atom is 0.155 e. The van der Waals surface area contributed by atoms with Crippen molar-refractivity contribution in [3.63, 3.8) is 0 Å². The van der Waals surface area contributed by atoms with Crippen LogP contribution in [0, 0.1) is 0 Å². The molecule has 7 aromatic rings. The Balaban J connectivity index is 1.17. The molecule has 0 fully saturated rings. The fraction of sp³-hybridized carbons (Fsp3) is 0.0952. The second-order valence-corrected chi connectivity index (χ2v) is 11.7. The van der Waals surface area contributed by atoms with Crippen molar-refractivity contribution in [3.05, 3.63) is 168 Å². The van der Waals surface area contributed by atoms with E-state index in [1.54, 1.807) is 0 Å². The van der Waals surface area contributed by atoms with Crippen LogP contribution in [0.3, 0.4) is 0 Å². The van der Waals surface area contributed by atoms with Gasteiger partial charge in [-0.15, -0.1) is 0 Å². The van der Waals surface area contributed by atoms with E-state index in [0.717, 1.165) is 85.4 Å². The molecule has 46 heavy (non-hydrogen) atoms. The van der Waals surface area contributed by atoms with E-state index < -0.39 is 0 Å². The highest BCUT2D eigenvalue weighted by Gasteiger charge is 2.22. The molecule has 1 unspecified atom stereocenters. The van der Waals surface area contributed by atoms with Gasteiger partial charge < -0.3 is 0 Å². The first-order valence-corrected chi connectivity index (χ1v) is 15.9. The molecule has 0 spiro atoms. The maximum atomic E-state index is 5.22. The van der Waals surface area contributed by atoms with E-state index in [4.69, 9.17) is 20.0 Å². The molecule has 0 saturated carbocycles.